The molecule has 0 saturated heterocycles. The first-order chi connectivity index (χ1) is 6.28. The molecule has 0 aliphatic heterocycles. The van der Waals surface area contributed by atoms with Crippen molar-refractivity contribution in [2.24, 2.45) is 10.9 Å². The summed E-state index contributed by atoms with van der Waals surface area (Å²) in [5, 5.41) is 2.24. The first-order valence-electron chi connectivity index (χ1n) is 4.58. The molecule has 0 aliphatic carbocycles. The molecule has 5 heteroatoms. The van der Waals surface area contributed by atoms with Crippen molar-refractivity contribution < 1.29 is 9.22 Å². The van der Waals surface area contributed by atoms with Crippen molar-refractivity contribution in [2.45, 2.75) is 39.5 Å². The van der Waals surface area contributed by atoms with E-state index in [0.29, 0.717) is 0 Å². The number of hydrogen-bond donors (Lipinski definition) is 0. The summed E-state index contributed by atoms with van der Waals surface area (Å²) in [6, 6.07) is -0.501. The van der Waals surface area contributed by atoms with Gasteiger partial charge in [0.15, 0.2) is 6.04 Å². The first kappa shape index (κ1) is 13.5. The summed E-state index contributed by atoms with van der Waals surface area (Å²) in [5.41, 5.74) is 0. The highest BCUT2D eigenvalue weighted by atomic mass is 32.1. The van der Waals surface area contributed by atoms with Gasteiger partial charge in [0, 0.05) is 0 Å². The van der Waals surface area contributed by atoms with Crippen molar-refractivity contribution in [3.8, 4) is 0 Å². The van der Waals surface area contributed by atoms with E-state index in [1.165, 1.54) is 0 Å². The second-order valence-electron chi connectivity index (χ2n) is 4.44. The third-order valence-corrected chi connectivity index (χ3v) is 2.39. The molecule has 0 aromatic rings. The van der Waals surface area contributed by atoms with Gasteiger partial charge in [-0.3, -0.25) is 4.79 Å². The number of aliphatic imine (C=N–C) groups is 1. The summed E-state index contributed by atoms with van der Waals surface area (Å²) in [7, 11) is -1.83. The monoisotopic (exact) mass is 231 g/mol. The van der Waals surface area contributed by atoms with E-state index in [9.17, 15) is 4.79 Å². The molecular weight excluding hydrogens is 214 g/mol. The van der Waals surface area contributed by atoms with Gasteiger partial charge in [-0.15, -0.1) is 0 Å². The van der Waals surface area contributed by atoms with Gasteiger partial charge in [0.1, 0.15) is 0 Å². The molecule has 0 heterocycles. The Bertz CT molecular complexity index is 254. The van der Waals surface area contributed by atoms with E-state index in [-0.39, 0.29) is 11.9 Å². The Morgan fingerprint density at radius 2 is 1.93 bits per heavy atom. The fourth-order valence-electron chi connectivity index (χ4n) is 0.893. The molecule has 0 radical (unpaired) electrons. The van der Waals surface area contributed by atoms with E-state index < -0.39 is 14.4 Å². The molecule has 0 amide bonds. The molecule has 0 N–H and O–H groups in total. The van der Waals surface area contributed by atoms with E-state index in [2.05, 4.69) is 22.4 Å². The normalized spacial score (nSPS) is 13.3. The number of rotatable bonds is 4. The summed E-state index contributed by atoms with van der Waals surface area (Å²) in [5.74, 6) is -0.189. The van der Waals surface area contributed by atoms with Gasteiger partial charge < -0.3 is 4.43 Å². The van der Waals surface area contributed by atoms with Crippen LogP contribution in [0.25, 0.3) is 0 Å². The third-order valence-electron chi connectivity index (χ3n) is 1.47. The summed E-state index contributed by atoms with van der Waals surface area (Å²) in [4.78, 5) is 15.4. The summed E-state index contributed by atoms with van der Waals surface area (Å²) >= 11 is 4.49. The molecule has 0 aromatic carbocycles. The van der Waals surface area contributed by atoms with Crippen molar-refractivity contribution in [1.29, 1.82) is 0 Å². The predicted molar refractivity (Wildman–Crippen MR) is 63.1 cm³/mol. The number of isothiocyanates is 1. The Balaban J connectivity index is 4.54. The Morgan fingerprint density at radius 1 is 1.43 bits per heavy atom. The predicted octanol–water partition coefficient (Wildman–Crippen LogP) is 2.49. The maximum absolute atomic E-state index is 11.6. The van der Waals surface area contributed by atoms with E-state index in [0.717, 1.165) is 0 Å². The van der Waals surface area contributed by atoms with Crippen LogP contribution in [0.3, 0.4) is 0 Å². The molecule has 0 fully saturated rings. The second-order valence-corrected chi connectivity index (χ2v) is 9.05. The minimum Gasteiger partial charge on any atom is -0.518 e. The van der Waals surface area contributed by atoms with Crippen molar-refractivity contribution in [2.75, 3.05) is 0 Å². The Morgan fingerprint density at radius 3 is 2.21 bits per heavy atom. The Kier molecular flexibility index (Phi) is 5.19. The fraction of sp³-hybridized carbons (Fsp3) is 0.778. The average molecular weight is 231 g/mol. The van der Waals surface area contributed by atoms with Crippen molar-refractivity contribution in [3.63, 3.8) is 0 Å². The fourth-order valence-corrected chi connectivity index (χ4v) is 1.73. The Labute approximate surface area is 91.7 Å². The summed E-state index contributed by atoms with van der Waals surface area (Å²) in [6.07, 6.45) is 0. The molecule has 14 heavy (non-hydrogen) atoms. The highest BCUT2D eigenvalue weighted by Crippen LogP contribution is 2.12. The molecule has 0 spiro atoms. The van der Waals surface area contributed by atoms with E-state index in [1.807, 2.05) is 33.5 Å². The van der Waals surface area contributed by atoms with Crippen LogP contribution >= 0.6 is 12.2 Å². The second kappa shape index (κ2) is 5.39. The number of carbonyl (C=O) groups is 1. The first-order valence-corrected chi connectivity index (χ1v) is 8.39. The molecule has 0 saturated carbocycles. The molecule has 0 unspecified atom stereocenters. The van der Waals surface area contributed by atoms with E-state index in [4.69, 9.17) is 4.43 Å². The van der Waals surface area contributed by atoms with Crippen molar-refractivity contribution in [3.05, 3.63) is 0 Å². The number of hydrogen-bond acceptors (Lipinski definition) is 4. The van der Waals surface area contributed by atoms with Gasteiger partial charge in [0.05, 0.1) is 5.16 Å². The SMILES string of the molecule is CC(C)[C@@H](N=C=S)C(=O)O[Si](C)(C)C. The van der Waals surface area contributed by atoms with Crippen LogP contribution in [0.5, 0.6) is 0 Å². The largest absolute Gasteiger partial charge is 0.518 e. The maximum Gasteiger partial charge on any atom is 0.318 e. The van der Waals surface area contributed by atoms with Crippen LogP contribution in [0.1, 0.15) is 13.8 Å². The van der Waals surface area contributed by atoms with E-state index >= 15 is 0 Å². The van der Waals surface area contributed by atoms with Crippen LogP contribution in [0.15, 0.2) is 4.99 Å². The lowest BCUT2D eigenvalue weighted by atomic mass is 10.1. The van der Waals surface area contributed by atoms with Crippen LogP contribution in [-0.2, 0) is 9.22 Å². The Hall–Kier alpha value is -0.513. The molecule has 80 valence electrons. The molecule has 0 rings (SSSR count). The third kappa shape index (κ3) is 5.27. The molecule has 1 atom stereocenters. The lowest BCUT2D eigenvalue weighted by Crippen LogP contribution is -2.36. The molecule has 0 bridgehead atoms. The quantitative estimate of drug-likeness (QED) is 0.424. The van der Waals surface area contributed by atoms with Gasteiger partial charge in [-0.1, -0.05) is 13.8 Å². The number of nitrogens with zero attached hydrogens (tertiary/aromatic N) is 1. The highest BCUT2D eigenvalue weighted by Gasteiger charge is 2.28. The van der Waals surface area contributed by atoms with Crippen molar-refractivity contribution in [1.82, 2.24) is 0 Å². The van der Waals surface area contributed by atoms with Gasteiger partial charge in [0.25, 0.3) is 0 Å². The average Bonchev–Trinajstić information content (AvgIpc) is 1.95. The topological polar surface area (TPSA) is 38.7 Å². The summed E-state index contributed by atoms with van der Waals surface area (Å²) in [6.45, 7) is 9.70. The van der Waals surface area contributed by atoms with E-state index in [1.54, 1.807) is 0 Å². The smallest absolute Gasteiger partial charge is 0.318 e. The van der Waals surface area contributed by atoms with Gasteiger partial charge in [0.2, 0.25) is 8.32 Å². The van der Waals surface area contributed by atoms with Crippen LogP contribution in [0.4, 0.5) is 0 Å². The molecule has 0 aromatic heterocycles. The van der Waals surface area contributed by atoms with Crippen molar-refractivity contribution >= 4 is 31.7 Å². The zero-order valence-corrected chi connectivity index (χ0v) is 11.1. The van der Waals surface area contributed by atoms with Gasteiger partial charge in [-0.25, -0.2) is 4.99 Å². The lowest BCUT2D eigenvalue weighted by Gasteiger charge is -2.21. The zero-order chi connectivity index (χ0) is 11.4. The highest BCUT2D eigenvalue weighted by molar-refractivity contribution is 7.78. The molecular formula is C9H17NO2SSi. The van der Waals surface area contributed by atoms with Gasteiger partial charge in [-0.2, -0.15) is 0 Å². The molecule has 3 nitrogen and oxygen atoms in total. The van der Waals surface area contributed by atoms with Crippen LogP contribution < -0.4 is 0 Å². The summed E-state index contributed by atoms with van der Waals surface area (Å²) < 4.78 is 5.33. The van der Waals surface area contributed by atoms with Crippen LogP contribution in [-0.4, -0.2) is 25.5 Å². The van der Waals surface area contributed by atoms with Gasteiger partial charge >= 0.3 is 5.97 Å². The van der Waals surface area contributed by atoms with Crippen LogP contribution in [0.2, 0.25) is 19.6 Å². The zero-order valence-electron chi connectivity index (χ0n) is 9.33. The standard InChI is InChI=1S/C9H17NO2SSi/c1-7(2)8(10-6-13)9(11)12-14(3,4)5/h7-8H,1-5H3/t8-/m1/s1. The van der Waals surface area contributed by atoms with Gasteiger partial charge in [-0.05, 0) is 37.8 Å². The maximum atomic E-state index is 11.6. The number of carbonyl (C=O) groups excluding carboxylic acids is 1. The lowest BCUT2D eigenvalue weighted by molar-refractivity contribution is -0.137. The van der Waals surface area contributed by atoms with Crippen LogP contribution in [0, 0.1) is 5.92 Å². The number of thiocarbonyl (C=S) groups is 1. The minimum atomic E-state index is -1.83. The minimum absolute atomic E-state index is 0.0919. The molecule has 0 aliphatic rings.